The van der Waals surface area contributed by atoms with Gasteiger partial charge in [0, 0.05) is 41.6 Å². The van der Waals surface area contributed by atoms with Gasteiger partial charge in [0.2, 0.25) is 11.5 Å². The number of halogens is 1. The first-order chi connectivity index (χ1) is 13.9. The van der Waals surface area contributed by atoms with Gasteiger partial charge in [-0.15, -0.1) is 0 Å². The lowest BCUT2D eigenvalue weighted by Gasteiger charge is -2.21. The smallest absolute Gasteiger partial charge is 0.263 e. The highest BCUT2D eigenvalue weighted by Gasteiger charge is 2.15. The predicted molar refractivity (Wildman–Crippen MR) is 117 cm³/mol. The molecule has 0 aliphatic heterocycles. The van der Waals surface area contributed by atoms with Gasteiger partial charge < -0.3 is 9.32 Å². The van der Waals surface area contributed by atoms with Crippen LogP contribution in [0.2, 0.25) is 0 Å². The third-order valence-corrected chi connectivity index (χ3v) is 4.98. The predicted octanol–water partition coefficient (Wildman–Crippen LogP) is 4.55. The number of carbonyl (C=O) groups excluding carboxylic acids is 2. The first-order valence-electron chi connectivity index (χ1n) is 9.36. The van der Waals surface area contributed by atoms with Gasteiger partial charge in [-0.25, -0.2) is 4.99 Å². The topological polar surface area (TPSA) is 74.9 Å². The zero-order chi connectivity index (χ0) is 21.0. The van der Waals surface area contributed by atoms with Gasteiger partial charge in [-0.05, 0) is 56.3 Å². The van der Waals surface area contributed by atoms with E-state index in [2.05, 4.69) is 45.0 Å². The number of carbonyl (C=O) groups is 2. The number of rotatable bonds is 5. The Balaban J connectivity index is 2.21. The van der Waals surface area contributed by atoms with E-state index in [0.717, 1.165) is 28.6 Å². The maximum Gasteiger partial charge on any atom is 0.263 e. The number of benzene rings is 2. The standard InChI is InChI=1S/C22H22BrN3O3/c1-4-26(5-2)18-11-6-15-12-19(21(28)24-14(3)27)22(29-20(15)13-18)25-17-9-7-16(23)8-10-17/h6-13H,4-5H2,1-3H3,(H,24,27,28). The summed E-state index contributed by atoms with van der Waals surface area (Å²) in [5.74, 6) is -0.992. The molecule has 0 aliphatic rings. The van der Waals surface area contributed by atoms with E-state index in [-0.39, 0.29) is 11.1 Å². The van der Waals surface area contributed by atoms with Crippen LogP contribution in [-0.4, -0.2) is 24.9 Å². The van der Waals surface area contributed by atoms with Crippen molar-refractivity contribution in [2.24, 2.45) is 4.99 Å². The van der Waals surface area contributed by atoms with E-state index in [4.69, 9.17) is 4.42 Å². The molecule has 0 aliphatic carbocycles. The van der Waals surface area contributed by atoms with Crippen LogP contribution in [0, 0.1) is 0 Å². The molecule has 1 aromatic heterocycles. The van der Waals surface area contributed by atoms with Crippen molar-refractivity contribution in [3.63, 3.8) is 0 Å². The second-order valence-electron chi connectivity index (χ2n) is 6.46. The molecule has 150 valence electrons. The molecular formula is C22H22BrN3O3. The molecule has 1 heterocycles. The molecule has 0 spiro atoms. The normalized spacial score (nSPS) is 11.5. The Morgan fingerprint density at radius 1 is 1.07 bits per heavy atom. The molecule has 0 bridgehead atoms. The lowest BCUT2D eigenvalue weighted by atomic mass is 10.1. The number of imide groups is 1. The van der Waals surface area contributed by atoms with Gasteiger partial charge in [0.15, 0.2) is 0 Å². The monoisotopic (exact) mass is 455 g/mol. The first kappa shape index (κ1) is 20.8. The third kappa shape index (κ3) is 4.92. The molecule has 0 radical (unpaired) electrons. The molecule has 2 aromatic carbocycles. The summed E-state index contributed by atoms with van der Waals surface area (Å²) >= 11 is 3.39. The summed E-state index contributed by atoms with van der Waals surface area (Å²) < 4.78 is 6.95. The van der Waals surface area contributed by atoms with Crippen LogP contribution in [-0.2, 0) is 4.79 Å². The number of hydrogen-bond donors (Lipinski definition) is 1. The van der Waals surface area contributed by atoms with Crippen molar-refractivity contribution in [3.05, 3.63) is 64.1 Å². The Hall–Kier alpha value is -2.93. The van der Waals surface area contributed by atoms with Crippen molar-refractivity contribution < 1.29 is 14.0 Å². The van der Waals surface area contributed by atoms with Gasteiger partial charge in [0.05, 0.1) is 5.69 Å². The number of nitrogens with zero attached hydrogens (tertiary/aromatic N) is 2. The SMILES string of the molecule is CCN(CC)c1ccc2cc(C(=O)NC(C)=O)c(=Nc3ccc(Br)cc3)oc2c1. The van der Waals surface area contributed by atoms with Crippen molar-refractivity contribution >= 4 is 50.1 Å². The Morgan fingerprint density at radius 2 is 1.76 bits per heavy atom. The second kappa shape index (κ2) is 9.05. The highest BCUT2D eigenvalue weighted by molar-refractivity contribution is 9.10. The van der Waals surface area contributed by atoms with Gasteiger partial charge in [0.25, 0.3) is 5.91 Å². The lowest BCUT2D eigenvalue weighted by Crippen LogP contribution is -2.32. The van der Waals surface area contributed by atoms with Crippen molar-refractivity contribution in [2.75, 3.05) is 18.0 Å². The van der Waals surface area contributed by atoms with Crippen LogP contribution in [0.1, 0.15) is 31.1 Å². The number of hydrogen-bond acceptors (Lipinski definition) is 5. The van der Waals surface area contributed by atoms with Crippen LogP contribution in [0.5, 0.6) is 0 Å². The van der Waals surface area contributed by atoms with E-state index < -0.39 is 11.8 Å². The van der Waals surface area contributed by atoms with E-state index in [1.54, 1.807) is 6.07 Å². The van der Waals surface area contributed by atoms with Gasteiger partial charge in [0.1, 0.15) is 11.1 Å². The molecule has 29 heavy (non-hydrogen) atoms. The Labute approximate surface area is 177 Å². The van der Waals surface area contributed by atoms with Crippen molar-refractivity contribution in [2.45, 2.75) is 20.8 Å². The number of anilines is 1. The number of fused-ring (bicyclic) bond motifs is 1. The average molecular weight is 456 g/mol. The van der Waals surface area contributed by atoms with Crippen molar-refractivity contribution in [1.82, 2.24) is 5.32 Å². The third-order valence-electron chi connectivity index (χ3n) is 4.45. The number of nitrogens with one attached hydrogen (secondary N) is 1. The minimum absolute atomic E-state index is 0.148. The molecule has 2 amide bonds. The van der Waals surface area contributed by atoms with Gasteiger partial charge in [-0.2, -0.15) is 0 Å². The molecule has 0 saturated carbocycles. The van der Waals surface area contributed by atoms with E-state index in [1.165, 1.54) is 6.92 Å². The van der Waals surface area contributed by atoms with E-state index in [9.17, 15) is 9.59 Å². The summed E-state index contributed by atoms with van der Waals surface area (Å²) in [5.41, 5.74) is 2.63. The Kier molecular flexibility index (Phi) is 6.49. The summed E-state index contributed by atoms with van der Waals surface area (Å²) in [6.45, 7) is 7.22. The van der Waals surface area contributed by atoms with Gasteiger partial charge in [-0.3, -0.25) is 14.9 Å². The highest BCUT2D eigenvalue weighted by Crippen LogP contribution is 2.23. The van der Waals surface area contributed by atoms with Crippen molar-refractivity contribution in [3.8, 4) is 0 Å². The minimum atomic E-state index is -0.549. The van der Waals surface area contributed by atoms with E-state index in [0.29, 0.717) is 11.3 Å². The lowest BCUT2D eigenvalue weighted by molar-refractivity contribution is -0.118. The van der Waals surface area contributed by atoms with Crippen LogP contribution in [0.3, 0.4) is 0 Å². The molecule has 1 N–H and O–H groups in total. The summed E-state index contributed by atoms with van der Waals surface area (Å²) in [4.78, 5) is 30.7. The molecule has 7 heteroatoms. The molecule has 0 fully saturated rings. The maximum atomic E-state index is 12.6. The Bertz CT molecular complexity index is 1120. The first-order valence-corrected chi connectivity index (χ1v) is 10.2. The number of amides is 2. The average Bonchev–Trinajstić information content (AvgIpc) is 2.69. The van der Waals surface area contributed by atoms with Crippen LogP contribution in [0.25, 0.3) is 11.0 Å². The highest BCUT2D eigenvalue weighted by atomic mass is 79.9. The zero-order valence-electron chi connectivity index (χ0n) is 16.5. The summed E-state index contributed by atoms with van der Waals surface area (Å²) in [6.07, 6.45) is 0. The van der Waals surface area contributed by atoms with Crippen LogP contribution >= 0.6 is 15.9 Å². The van der Waals surface area contributed by atoms with Crippen molar-refractivity contribution in [1.29, 1.82) is 0 Å². The van der Waals surface area contributed by atoms with Gasteiger partial charge >= 0.3 is 0 Å². The van der Waals surface area contributed by atoms with E-state index in [1.807, 2.05) is 42.5 Å². The van der Waals surface area contributed by atoms with Gasteiger partial charge in [-0.1, -0.05) is 15.9 Å². The van der Waals surface area contributed by atoms with E-state index >= 15 is 0 Å². The zero-order valence-corrected chi connectivity index (χ0v) is 18.1. The quantitative estimate of drug-likeness (QED) is 0.612. The molecule has 3 aromatic rings. The molecule has 0 atom stereocenters. The largest absolute Gasteiger partial charge is 0.437 e. The fourth-order valence-electron chi connectivity index (χ4n) is 3.00. The molecule has 3 rings (SSSR count). The van der Waals surface area contributed by atoms with Crippen LogP contribution in [0.15, 0.2) is 62.4 Å². The summed E-state index contributed by atoms with van der Waals surface area (Å²) in [7, 11) is 0. The molecule has 6 nitrogen and oxygen atoms in total. The molecular weight excluding hydrogens is 434 g/mol. The summed E-state index contributed by atoms with van der Waals surface area (Å²) in [5, 5.41) is 3.05. The fraction of sp³-hybridized carbons (Fsp3) is 0.227. The summed E-state index contributed by atoms with van der Waals surface area (Å²) in [6, 6.07) is 14.9. The second-order valence-corrected chi connectivity index (χ2v) is 7.37. The van der Waals surface area contributed by atoms with Crippen LogP contribution in [0.4, 0.5) is 11.4 Å². The minimum Gasteiger partial charge on any atom is -0.437 e. The maximum absolute atomic E-state index is 12.6. The van der Waals surface area contributed by atoms with Crippen LogP contribution < -0.4 is 15.8 Å². The fourth-order valence-corrected chi connectivity index (χ4v) is 3.26. The molecule has 0 saturated heterocycles. The Morgan fingerprint density at radius 3 is 2.38 bits per heavy atom. The molecule has 0 unspecified atom stereocenters.